The van der Waals surface area contributed by atoms with Crippen LogP contribution in [0.5, 0.6) is 0 Å². The number of nitrogen functional groups attached to an aromatic ring is 1. The number of nitrogens with one attached hydrogen (secondary N) is 1. The molecule has 4 heterocycles. The maximum Gasteiger partial charge on any atom is 0.281 e. The van der Waals surface area contributed by atoms with Crippen molar-refractivity contribution in [3.63, 3.8) is 0 Å². The summed E-state index contributed by atoms with van der Waals surface area (Å²) in [5, 5.41) is 3.34. The highest BCUT2D eigenvalue weighted by molar-refractivity contribution is 6.03. The average molecular weight is 603 g/mol. The van der Waals surface area contributed by atoms with Crippen LogP contribution in [0.4, 0.5) is 30.2 Å². The zero-order chi connectivity index (χ0) is 31.6. The van der Waals surface area contributed by atoms with E-state index >= 15 is 13.2 Å². The van der Waals surface area contributed by atoms with Gasteiger partial charge < -0.3 is 20.9 Å². The Kier molecular flexibility index (Phi) is 7.14. The first-order valence-electron chi connectivity index (χ1n) is 14.5. The summed E-state index contributed by atoms with van der Waals surface area (Å²) in [6.07, 6.45) is 2.88. The van der Waals surface area contributed by atoms with Crippen LogP contribution in [0.1, 0.15) is 37.9 Å². The number of halogens is 3. The first-order chi connectivity index (χ1) is 21.0. The molecule has 2 aromatic carbocycles. The maximum atomic E-state index is 17.1. The first-order valence-corrected chi connectivity index (χ1v) is 14.5. The third-order valence-corrected chi connectivity index (χ3v) is 8.65. The van der Waals surface area contributed by atoms with Crippen molar-refractivity contribution in [3.8, 4) is 16.8 Å². The number of hydrogen-bond donors (Lipinski definition) is 2. The number of aromatic nitrogens is 2. The lowest BCUT2D eigenvalue weighted by Crippen LogP contribution is -2.62. The van der Waals surface area contributed by atoms with Crippen LogP contribution in [-0.2, 0) is 4.79 Å². The van der Waals surface area contributed by atoms with Gasteiger partial charge in [0.2, 0.25) is 5.91 Å². The van der Waals surface area contributed by atoms with Gasteiger partial charge in [0, 0.05) is 48.5 Å². The smallest absolute Gasteiger partial charge is 0.281 e. The predicted molar refractivity (Wildman–Crippen MR) is 167 cm³/mol. The quantitative estimate of drug-likeness (QED) is 0.237. The fourth-order valence-electron chi connectivity index (χ4n) is 6.58. The van der Waals surface area contributed by atoms with Crippen molar-refractivity contribution in [2.24, 2.45) is 0 Å². The van der Waals surface area contributed by atoms with E-state index in [2.05, 4.69) is 16.9 Å². The van der Waals surface area contributed by atoms with E-state index in [1.807, 2.05) is 25.7 Å². The van der Waals surface area contributed by atoms with Crippen LogP contribution in [-0.4, -0.2) is 52.1 Å². The Bertz CT molecular complexity index is 1900. The molecular formula is C33H33F3N6O2. The van der Waals surface area contributed by atoms with Crippen LogP contribution in [0.2, 0.25) is 0 Å². The largest absolute Gasteiger partial charge is 0.398 e. The Morgan fingerprint density at radius 3 is 2.57 bits per heavy atom. The Morgan fingerprint density at radius 2 is 1.89 bits per heavy atom. The van der Waals surface area contributed by atoms with Crippen molar-refractivity contribution in [3.05, 3.63) is 88.2 Å². The highest BCUT2D eigenvalue weighted by Gasteiger charge is 2.40. The molecule has 44 heavy (non-hydrogen) atoms. The van der Waals surface area contributed by atoms with Gasteiger partial charge in [0.15, 0.2) is 5.82 Å². The number of carbonyl (C=O) groups is 1. The number of nitrogens with zero attached hydrogens (tertiary/aromatic N) is 4. The van der Waals surface area contributed by atoms with Crippen LogP contribution < -0.4 is 21.5 Å². The number of benzene rings is 2. The zero-order valence-corrected chi connectivity index (χ0v) is 24.9. The monoisotopic (exact) mass is 602 g/mol. The molecule has 0 radical (unpaired) electrons. The molecule has 11 heteroatoms. The molecule has 2 aliphatic heterocycles. The molecule has 1 fully saturated rings. The second-order valence-corrected chi connectivity index (χ2v) is 11.8. The molecule has 2 unspecified atom stereocenters. The van der Waals surface area contributed by atoms with Crippen molar-refractivity contribution < 1.29 is 18.0 Å². The van der Waals surface area contributed by atoms with Gasteiger partial charge >= 0.3 is 0 Å². The van der Waals surface area contributed by atoms with Gasteiger partial charge in [-0.1, -0.05) is 26.5 Å². The minimum Gasteiger partial charge on any atom is -0.398 e. The van der Waals surface area contributed by atoms with Gasteiger partial charge in [0.25, 0.3) is 5.56 Å². The van der Waals surface area contributed by atoms with Crippen LogP contribution in [0.3, 0.4) is 0 Å². The molecule has 0 spiro atoms. The van der Waals surface area contributed by atoms with Gasteiger partial charge in [-0.25, -0.2) is 13.2 Å². The summed E-state index contributed by atoms with van der Waals surface area (Å²) in [5.74, 6) is -3.41. The third kappa shape index (κ3) is 4.32. The van der Waals surface area contributed by atoms with E-state index in [9.17, 15) is 9.59 Å². The first kappa shape index (κ1) is 29.3. The van der Waals surface area contributed by atoms with Crippen LogP contribution >= 0.6 is 0 Å². The molecule has 4 aromatic rings. The fraction of sp³-hybridized carbons (Fsp3) is 0.303. The number of anilines is 3. The molecule has 1 amide bonds. The van der Waals surface area contributed by atoms with Gasteiger partial charge in [-0.2, -0.15) is 0 Å². The number of aryl methyl sites for hydroxylation is 1. The van der Waals surface area contributed by atoms with Gasteiger partial charge in [0.05, 0.1) is 34.2 Å². The molecule has 2 aromatic heterocycles. The minimum atomic E-state index is -1.12. The number of piperazine rings is 1. The number of carbonyl (C=O) groups excluding carboxylic acids is 1. The summed E-state index contributed by atoms with van der Waals surface area (Å²) >= 11 is 0. The zero-order valence-electron chi connectivity index (χ0n) is 24.9. The van der Waals surface area contributed by atoms with Gasteiger partial charge in [-0.15, -0.1) is 0 Å². The van der Waals surface area contributed by atoms with Crippen molar-refractivity contribution in [1.82, 2.24) is 14.5 Å². The van der Waals surface area contributed by atoms with Gasteiger partial charge in [-0.05, 0) is 55.7 Å². The SMILES string of the molecule is C=CC(=O)N1CC2CNc3c(c4cc(F)c(-c5c(N)cccc5F)c(F)c4n(-c4c(C)ccnc4C(C)C)c3=O)N2CC1C. The van der Waals surface area contributed by atoms with Crippen molar-refractivity contribution in [2.75, 3.05) is 35.6 Å². The van der Waals surface area contributed by atoms with E-state index < -0.39 is 34.1 Å². The number of pyridine rings is 2. The predicted octanol–water partition coefficient (Wildman–Crippen LogP) is 5.50. The summed E-state index contributed by atoms with van der Waals surface area (Å²) in [5.41, 5.74) is 6.13. The van der Waals surface area contributed by atoms with Gasteiger partial charge in [0.1, 0.15) is 17.3 Å². The molecule has 228 valence electrons. The lowest BCUT2D eigenvalue weighted by Gasteiger charge is -2.49. The lowest BCUT2D eigenvalue weighted by molar-refractivity contribution is -0.128. The normalized spacial score (nSPS) is 17.8. The molecular weight excluding hydrogens is 569 g/mol. The van der Waals surface area contributed by atoms with E-state index in [0.717, 1.165) is 12.1 Å². The molecule has 0 saturated carbocycles. The summed E-state index contributed by atoms with van der Waals surface area (Å²) in [6, 6.07) is 6.10. The summed E-state index contributed by atoms with van der Waals surface area (Å²) in [7, 11) is 0. The number of amides is 1. The van der Waals surface area contributed by atoms with E-state index in [1.165, 1.54) is 22.8 Å². The molecule has 2 atom stereocenters. The van der Waals surface area contributed by atoms with Crippen LogP contribution in [0, 0.1) is 24.4 Å². The van der Waals surface area contributed by atoms with E-state index in [0.29, 0.717) is 42.3 Å². The van der Waals surface area contributed by atoms with Gasteiger partial charge in [-0.3, -0.25) is 19.1 Å². The Labute approximate surface area is 252 Å². The molecule has 3 N–H and O–H groups in total. The standard InChI is InChI=1S/C33H33F3N6O2/c1-6-24(43)40-15-19-13-39-29-32(41(19)14-18(40)5)20-12-22(35)26(25-21(34)8-7-9-23(25)37)27(36)31(20)42(33(29)44)30-17(4)10-11-38-28(30)16(2)3/h6-12,16,18-19,39H,1,13-15,37H2,2-5H3. The lowest BCUT2D eigenvalue weighted by atomic mass is 9.95. The molecule has 1 saturated heterocycles. The topological polar surface area (TPSA) is 96.5 Å². The number of hydrogen-bond acceptors (Lipinski definition) is 6. The second kappa shape index (κ2) is 10.7. The molecule has 2 aliphatic rings. The Balaban J connectivity index is 1.75. The molecule has 0 bridgehead atoms. The van der Waals surface area contributed by atoms with Crippen molar-refractivity contribution >= 4 is 33.9 Å². The van der Waals surface area contributed by atoms with E-state index in [1.54, 1.807) is 24.1 Å². The number of rotatable bonds is 4. The van der Waals surface area contributed by atoms with Crippen LogP contribution in [0.15, 0.2) is 54.0 Å². The second-order valence-electron chi connectivity index (χ2n) is 11.8. The summed E-state index contributed by atoms with van der Waals surface area (Å²) in [6.45, 7) is 12.0. The molecule has 6 rings (SSSR count). The van der Waals surface area contributed by atoms with E-state index in [-0.39, 0.29) is 46.2 Å². The highest BCUT2D eigenvalue weighted by Crippen LogP contribution is 2.44. The fourth-order valence-corrected chi connectivity index (χ4v) is 6.58. The summed E-state index contributed by atoms with van der Waals surface area (Å²) < 4.78 is 49.7. The summed E-state index contributed by atoms with van der Waals surface area (Å²) in [4.78, 5) is 35.3. The highest BCUT2D eigenvalue weighted by atomic mass is 19.1. The Hall–Kier alpha value is -4.80. The maximum absolute atomic E-state index is 17.1. The number of nitrogens with two attached hydrogens (primary N) is 1. The number of fused-ring (bicyclic) bond motifs is 5. The average Bonchev–Trinajstić information content (AvgIpc) is 2.98. The third-order valence-electron chi connectivity index (χ3n) is 8.65. The van der Waals surface area contributed by atoms with Crippen molar-refractivity contribution in [1.29, 1.82) is 0 Å². The minimum absolute atomic E-state index is 0.124. The van der Waals surface area contributed by atoms with Crippen molar-refractivity contribution in [2.45, 2.75) is 45.7 Å². The van der Waals surface area contributed by atoms with Crippen LogP contribution in [0.25, 0.3) is 27.7 Å². The Morgan fingerprint density at radius 1 is 1.14 bits per heavy atom. The van der Waals surface area contributed by atoms with E-state index in [4.69, 9.17) is 5.73 Å². The molecule has 8 nitrogen and oxygen atoms in total. The molecule has 0 aliphatic carbocycles.